The molecule has 3 N–H and O–H groups in total. The molecule has 2 rings (SSSR count). The molecule has 31 heavy (non-hydrogen) atoms. The number of ether oxygens (including phenoxy) is 2. The summed E-state index contributed by atoms with van der Waals surface area (Å²) in [7, 11) is -3.68. The van der Waals surface area contributed by atoms with Gasteiger partial charge in [-0.05, 0) is 27.2 Å². The second kappa shape index (κ2) is 10.6. The Morgan fingerprint density at radius 3 is 2.58 bits per heavy atom. The van der Waals surface area contributed by atoms with Crippen LogP contribution in [0, 0.1) is 5.41 Å². The predicted molar refractivity (Wildman–Crippen MR) is 113 cm³/mol. The van der Waals surface area contributed by atoms with Crippen LogP contribution in [0.25, 0.3) is 0 Å². The lowest BCUT2D eigenvalue weighted by Gasteiger charge is -2.32. The van der Waals surface area contributed by atoms with Crippen molar-refractivity contribution in [3.05, 3.63) is 0 Å². The Hall–Kier alpha value is -1.96. The van der Waals surface area contributed by atoms with Gasteiger partial charge in [-0.15, -0.1) is 0 Å². The molecule has 0 radical (unpaired) electrons. The molecule has 0 bridgehead atoms. The number of carbonyl (C=O) groups is 2. The Morgan fingerprint density at radius 2 is 2.00 bits per heavy atom. The monoisotopic (exact) mass is 463 g/mol. The highest BCUT2D eigenvalue weighted by Crippen LogP contribution is 2.19. The summed E-state index contributed by atoms with van der Waals surface area (Å²) in [4.78, 5) is 28.1. The Morgan fingerprint density at radius 1 is 1.35 bits per heavy atom. The van der Waals surface area contributed by atoms with Crippen LogP contribution in [0.15, 0.2) is 0 Å². The molecule has 2 saturated heterocycles. The predicted octanol–water partition coefficient (Wildman–Crippen LogP) is -0.0507. The topological polar surface area (TPSA) is 150 Å². The highest BCUT2D eigenvalue weighted by atomic mass is 32.2. The molecule has 12 nitrogen and oxygen atoms in total. The maximum Gasteiger partial charge on any atom is 0.413 e. The van der Waals surface area contributed by atoms with E-state index in [-0.39, 0.29) is 19.0 Å². The van der Waals surface area contributed by atoms with Crippen molar-refractivity contribution in [1.29, 1.82) is 5.41 Å². The van der Waals surface area contributed by atoms with Gasteiger partial charge in [-0.1, -0.05) is 0 Å². The highest BCUT2D eigenvalue weighted by Gasteiger charge is 2.39. The fraction of sp³-hybridized carbons (Fsp3) is 0.833. The summed E-state index contributed by atoms with van der Waals surface area (Å²) in [5.74, 6) is -0.189. The summed E-state index contributed by atoms with van der Waals surface area (Å²) in [6, 6.07) is -0.766. The van der Waals surface area contributed by atoms with E-state index in [0.29, 0.717) is 13.0 Å². The maximum absolute atomic E-state index is 12.5. The first kappa shape index (κ1) is 25.3. The van der Waals surface area contributed by atoms with Gasteiger partial charge in [-0.25, -0.2) is 9.59 Å². The molecule has 178 valence electrons. The second-order valence-electron chi connectivity index (χ2n) is 8.58. The van der Waals surface area contributed by atoms with Gasteiger partial charge in [-0.2, -0.15) is 8.42 Å². The lowest BCUT2D eigenvalue weighted by molar-refractivity contribution is 0.0557. The maximum atomic E-state index is 12.5. The molecule has 0 aliphatic carbocycles. The number of amides is 2. The Bertz CT molecular complexity index is 762. The minimum absolute atomic E-state index is 0.0406. The molecule has 0 aromatic carbocycles. The lowest BCUT2D eigenvalue weighted by Crippen LogP contribution is -2.52. The van der Waals surface area contributed by atoms with Crippen LogP contribution in [-0.2, 0) is 23.8 Å². The van der Waals surface area contributed by atoms with Gasteiger partial charge in [0.2, 0.25) is 0 Å². The van der Waals surface area contributed by atoms with Crippen LogP contribution in [0.3, 0.4) is 0 Å². The molecule has 2 aliphatic rings. The quantitative estimate of drug-likeness (QED) is 0.256. The van der Waals surface area contributed by atoms with Crippen molar-refractivity contribution in [1.82, 2.24) is 20.4 Å². The number of amidine groups is 1. The molecule has 0 aromatic heterocycles. The van der Waals surface area contributed by atoms with E-state index in [4.69, 9.17) is 19.1 Å². The van der Waals surface area contributed by atoms with Crippen molar-refractivity contribution in [2.45, 2.75) is 44.9 Å². The molecular weight excluding hydrogens is 430 g/mol. The summed E-state index contributed by atoms with van der Waals surface area (Å²) < 4.78 is 37.6. The highest BCUT2D eigenvalue weighted by molar-refractivity contribution is 7.85. The molecule has 2 atom stereocenters. The summed E-state index contributed by atoms with van der Waals surface area (Å²) >= 11 is 0. The first-order valence-corrected chi connectivity index (χ1v) is 12.0. The minimum Gasteiger partial charge on any atom is -0.444 e. The average molecular weight is 464 g/mol. The third-order valence-electron chi connectivity index (χ3n) is 4.64. The zero-order valence-corrected chi connectivity index (χ0v) is 19.3. The van der Waals surface area contributed by atoms with E-state index >= 15 is 0 Å². The van der Waals surface area contributed by atoms with Crippen LogP contribution in [0.2, 0.25) is 0 Å². The third kappa shape index (κ3) is 8.97. The van der Waals surface area contributed by atoms with Crippen LogP contribution in [0.4, 0.5) is 9.59 Å². The number of nitrogens with one attached hydrogen (secondary N) is 3. The van der Waals surface area contributed by atoms with Gasteiger partial charge in [0.15, 0.2) is 0 Å². The number of hydrogen-bond donors (Lipinski definition) is 3. The number of hydrogen-bond acceptors (Lipinski definition) is 10. The van der Waals surface area contributed by atoms with Gasteiger partial charge < -0.3 is 19.7 Å². The molecule has 13 heteroatoms. The van der Waals surface area contributed by atoms with E-state index in [1.807, 2.05) is 0 Å². The SMILES string of the molecule is CC(C)(C)OC(=O)NC(=N)C(CCN1CCNCC1)N1CC(COS(C)(=O)=O)OC1=O. The number of rotatable bonds is 8. The molecule has 0 saturated carbocycles. The van der Waals surface area contributed by atoms with Crippen LogP contribution < -0.4 is 10.6 Å². The normalized spacial score (nSPS) is 21.5. The van der Waals surface area contributed by atoms with Crippen LogP contribution in [0.1, 0.15) is 27.2 Å². The van der Waals surface area contributed by atoms with Crippen molar-refractivity contribution < 1.29 is 31.7 Å². The van der Waals surface area contributed by atoms with E-state index < -0.39 is 40.1 Å². The van der Waals surface area contributed by atoms with Crippen molar-refractivity contribution in [2.75, 3.05) is 52.1 Å². The first-order valence-electron chi connectivity index (χ1n) is 10.2. The zero-order valence-electron chi connectivity index (χ0n) is 18.5. The Balaban J connectivity index is 2.05. The summed E-state index contributed by atoms with van der Waals surface area (Å²) in [5.41, 5.74) is -0.735. The molecule has 2 heterocycles. The molecular formula is C18H33N5O7S. The summed E-state index contributed by atoms with van der Waals surface area (Å²) in [6.07, 6.45) is -0.961. The molecule has 2 aliphatic heterocycles. The molecule has 0 spiro atoms. The first-order chi connectivity index (χ1) is 14.3. The van der Waals surface area contributed by atoms with Gasteiger partial charge in [0.1, 0.15) is 24.1 Å². The number of alkyl carbamates (subject to hydrolysis) is 1. The van der Waals surface area contributed by atoms with E-state index in [1.165, 1.54) is 4.90 Å². The van der Waals surface area contributed by atoms with Crippen LogP contribution in [0.5, 0.6) is 0 Å². The van der Waals surface area contributed by atoms with Crippen LogP contribution in [-0.4, -0.2) is 106 Å². The van der Waals surface area contributed by atoms with Gasteiger partial charge in [-0.3, -0.25) is 19.8 Å². The molecule has 2 amide bonds. The molecule has 0 aromatic rings. The van der Waals surface area contributed by atoms with E-state index in [1.54, 1.807) is 20.8 Å². The minimum atomic E-state index is -3.68. The van der Waals surface area contributed by atoms with E-state index in [2.05, 4.69) is 15.5 Å². The lowest BCUT2D eigenvalue weighted by atomic mass is 10.1. The van der Waals surface area contributed by atoms with Crippen molar-refractivity contribution in [3.63, 3.8) is 0 Å². The van der Waals surface area contributed by atoms with Crippen LogP contribution >= 0.6 is 0 Å². The standard InChI is InChI=1S/C18H33N5O7S/c1-18(2,3)30-16(24)21-15(19)14(5-8-22-9-6-20-7-10-22)23-11-13(29-17(23)25)12-28-31(4,26)27/h13-14,20H,5-12H2,1-4H3,(H2,19,21,24). The average Bonchev–Trinajstić information content (AvgIpc) is 2.99. The van der Waals surface area contributed by atoms with Crippen molar-refractivity contribution >= 4 is 28.1 Å². The molecule has 2 fully saturated rings. The number of cyclic esters (lactones) is 1. The van der Waals surface area contributed by atoms with E-state index in [9.17, 15) is 18.0 Å². The fourth-order valence-electron chi connectivity index (χ4n) is 3.27. The number of piperazine rings is 1. The fourth-order valence-corrected chi connectivity index (χ4v) is 3.67. The number of carbonyl (C=O) groups excluding carboxylic acids is 2. The van der Waals surface area contributed by atoms with Gasteiger partial charge in [0, 0.05) is 32.7 Å². The third-order valence-corrected chi connectivity index (χ3v) is 5.21. The Labute approximate surface area is 183 Å². The second-order valence-corrected chi connectivity index (χ2v) is 10.2. The largest absolute Gasteiger partial charge is 0.444 e. The van der Waals surface area contributed by atoms with Gasteiger partial charge in [0.05, 0.1) is 18.8 Å². The van der Waals surface area contributed by atoms with Gasteiger partial charge >= 0.3 is 12.2 Å². The van der Waals surface area contributed by atoms with Crippen molar-refractivity contribution in [2.24, 2.45) is 0 Å². The van der Waals surface area contributed by atoms with Gasteiger partial charge in [0.25, 0.3) is 10.1 Å². The number of nitrogens with zero attached hydrogens (tertiary/aromatic N) is 2. The summed E-state index contributed by atoms with van der Waals surface area (Å²) in [6.45, 7) is 8.87. The van der Waals surface area contributed by atoms with Crippen molar-refractivity contribution in [3.8, 4) is 0 Å². The van der Waals surface area contributed by atoms with E-state index in [0.717, 1.165) is 32.4 Å². The summed E-state index contributed by atoms with van der Waals surface area (Å²) in [5, 5.41) is 14.1. The molecule has 2 unspecified atom stereocenters. The Kier molecular flexibility index (Phi) is 8.63. The zero-order chi connectivity index (χ0) is 23.2. The smallest absolute Gasteiger partial charge is 0.413 e.